The maximum atomic E-state index is 13.6. The van der Waals surface area contributed by atoms with Crippen LogP contribution in [0.4, 0.5) is 10.1 Å². The molecule has 0 aliphatic carbocycles. The molecule has 2 aromatic carbocycles. The van der Waals surface area contributed by atoms with Gasteiger partial charge in [0.05, 0.1) is 6.04 Å². The Morgan fingerprint density at radius 3 is 2.53 bits per heavy atom. The van der Waals surface area contributed by atoms with Gasteiger partial charge in [-0.3, -0.25) is 0 Å². The van der Waals surface area contributed by atoms with E-state index in [1.807, 2.05) is 44.2 Å². The van der Waals surface area contributed by atoms with Crippen LogP contribution < -0.4 is 5.32 Å². The van der Waals surface area contributed by atoms with E-state index in [0.717, 1.165) is 5.69 Å². The molecule has 0 saturated heterocycles. The van der Waals surface area contributed by atoms with Crippen molar-refractivity contribution in [1.29, 1.82) is 0 Å². The lowest BCUT2D eigenvalue weighted by Gasteiger charge is -2.16. The van der Waals surface area contributed by atoms with Gasteiger partial charge in [-0.05, 0) is 37.6 Å². The molecule has 1 nitrogen and oxygen atoms in total. The van der Waals surface area contributed by atoms with Crippen molar-refractivity contribution in [2.45, 2.75) is 19.9 Å². The van der Waals surface area contributed by atoms with Crippen molar-refractivity contribution >= 4 is 5.69 Å². The molecule has 1 N–H and O–H groups in total. The lowest BCUT2D eigenvalue weighted by molar-refractivity contribution is 0.600. The topological polar surface area (TPSA) is 12.0 Å². The summed E-state index contributed by atoms with van der Waals surface area (Å²) < 4.78 is 13.6. The zero-order valence-electron chi connectivity index (χ0n) is 10.1. The van der Waals surface area contributed by atoms with Crippen LogP contribution in [0, 0.1) is 12.7 Å². The van der Waals surface area contributed by atoms with Gasteiger partial charge in [-0.2, -0.15) is 0 Å². The summed E-state index contributed by atoms with van der Waals surface area (Å²) in [6.07, 6.45) is 0. The minimum Gasteiger partial charge on any atom is -0.378 e. The highest BCUT2D eigenvalue weighted by molar-refractivity contribution is 5.47. The summed E-state index contributed by atoms with van der Waals surface area (Å²) in [5.74, 6) is -0.167. The van der Waals surface area contributed by atoms with Crippen LogP contribution in [-0.4, -0.2) is 0 Å². The predicted octanol–water partition coefficient (Wildman–Crippen LogP) is 4.31. The van der Waals surface area contributed by atoms with Crippen LogP contribution in [0.3, 0.4) is 0 Å². The summed E-state index contributed by atoms with van der Waals surface area (Å²) >= 11 is 0. The molecule has 0 saturated carbocycles. The van der Waals surface area contributed by atoms with Crippen LogP contribution in [-0.2, 0) is 0 Å². The smallest absolute Gasteiger partial charge is 0.128 e. The molecule has 17 heavy (non-hydrogen) atoms. The highest BCUT2D eigenvalue weighted by Crippen LogP contribution is 2.21. The number of aryl methyl sites for hydroxylation is 1. The molecule has 1 atom stereocenters. The maximum Gasteiger partial charge on any atom is 0.128 e. The van der Waals surface area contributed by atoms with E-state index in [4.69, 9.17) is 0 Å². The number of hydrogen-bond donors (Lipinski definition) is 1. The summed E-state index contributed by atoms with van der Waals surface area (Å²) in [4.78, 5) is 0. The van der Waals surface area contributed by atoms with Crippen LogP contribution in [0.15, 0.2) is 48.5 Å². The summed E-state index contributed by atoms with van der Waals surface area (Å²) in [5, 5.41) is 3.30. The van der Waals surface area contributed by atoms with Crippen molar-refractivity contribution in [3.63, 3.8) is 0 Å². The monoisotopic (exact) mass is 229 g/mol. The third-order valence-corrected chi connectivity index (χ3v) is 2.77. The Bertz CT molecular complexity index is 508. The lowest BCUT2D eigenvalue weighted by Crippen LogP contribution is -2.08. The van der Waals surface area contributed by atoms with Crippen molar-refractivity contribution < 1.29 is 4.39 Å². The van der Waals surface area contributed by atoms with Gasteiger partial charge in [-0.1, -0.05) is 30.3 Å². The van der Waals surface area contributed by atoms with Crippen molar-refractivity contribution in [1.82, 2.24) is 0 Å². The van der Waals surface area contributed by atoms with Gasteiger partial charge < -0.3 is 5.32 Å². The van der Waals surface area contributed by atoms with Gasteiger partial charge in [0.2, 0.25) is 0 Å². The third kappa shape index (κ3) is 2.84. The van der Waals surface area contributed by atoms with E-state index in [-0.39, 0.29) is 11.9 Å². The highest BCUT2D eigenvalue weighted by Gasteiger charge is 2.09. The Morgan fingerprint density at radius 1 is 1.06 bits per heavy atom. The van der Waals surface area contributed by atoms with Crippen molar-refractivity contribution in [3.05, 3.63) is 65.5 Å². The fourth-order valence-electron chi connectivity index (χ4n) is 1.89. The van der Waals surface area contributed by atoms with E-state index < -0.39 is 0 Å². The molecule has 0 amide bonds. The Morgan fingerprint density at radius 2 is 1.82 bits per heavy atom. The van der Waals surface area contributed by atoms with Gasteiger partial charge in [0.15, 0.2) is 0 Å². The zero-order valence-corrected chi connectivity index (χ0v) is 10.1. The molecule has 0 radical (unpaired) electrons. The van der Waals surface area contributed by atoms with Gasteiger partial charge in [0.1, 0.15) is 5.82 Å². The summed E-state index contributed by atoms with van der Waals surface area (Å²) in [6, 6.07) is 14.9. The molecule has 2 aromatic rings. The minimum absolute atomic E-state index is 0.0435. The SMILES string of the molecule is Cc1cccc(NC(C)c2ccccc2F)c1. The predicted molar refractivity (Wildman–Crippen MR) is 69.6 cm³/mol. The first-order chi connectivity index (χ1) is 8.16. The van der Waals surface area contributed by atoms with Gasteiger partial charge in [-0.25, -0.2) is 4.39 Å². The molecule has 0 bridgehead atoms. The summed E-state index contributed by atoms with van der Waals surface area (Å²) in [5.41, 5.74) is 2.89. The molecular formula is C15H16FN. The number of benzene rings is 2. The Kier molecular flexibility index (Phi) is 3.43. The van der Waals surface area contributed by atoms with Crippen LogP contribution in [0.2, 0.25) is 0 Å². The van der Waals surface area contributed by atoms with Crippen molar-refractivity contribution in [3.8, 4) is 0 Å². The van der Waals surface area contributed by atoms with Gasteiger partial charge in [-0.15, -0.1) is 0 Å². The second-order valence-corrected chi connectivity index (χ2v) is 4.26. The van der Waals surface area contributed by atoms with E-state index in [2.05, 4.69) is 11.4 Å². The number of hydrogen-bond acceptors (Lipinski definition) is 1. The second-order valence-electron chi connectivity index (χ2n) is 4.26. The van der Waals surface area contributed by atoms with E-state index in [1.54, 1.807) is 6.07 Å². The molecule has 0 heterocycles. The molecule has 1 unspecified atom stereocenters. The minimum atomic E-state index is -0.167. The van der Waals surface area contributed by atoms with E-state index >= 15 is 0 Å². The van der Waals surface area contributed by atoms with E-state index in [9.17, 15) is 4.39 Å². The number of nitrogens with one attached hydrogen (secondary N) is 1. The highest BCUT2D eigenvalue weighted by atomic mass is 19.1. The first-order valence-corrected chi connectivity index (χ1v) is 5.74. The fraction of sp³-hybridized carbons (Fsp3) is 0.200. The average molecular weight is 229 g/mol. The normalized spacial score (nSPS) is 12.2. The number of rotatable bonds is 3. The van der Waals surface area contributed by atoms with E-state index in [0.29, 0.717) is 5.56 Å². The maximum absolute atomic E-state index is 13.6. The summed E-state index contributed by atoms with van der Waals surface area (Å²) in [7, 11) is 0. The molecule has 0 aliphatic rings. The molecule has 0 aromatic heterocycles. The van der Waals surface area contributed by atoms with Gasteiger partial charge in [0.25, 0.3) is 0 Å². The van der Waals surface area contributed by atoms with Crippen LogP contribution in [0.1, 0.15) is 24.1 Å². The van der Waals surface area contributed by atoms with Gasteiger partial charge in [0, 0.05) is 11.3 Å². The zero-order chi connectivity index (χ0) is 12.3. The van der Waals surface area contributed by atoms with E-state index in [1.165, 1.54) is 11.6 Å². The lowest BCUT2D eigenvalue weighted by atomic mass is 10.1. The van der Waals surface area contributed by atoms with Gasteiger partial charge >= 0.3 is 0 Å². The Balaban J connectivity index is 2.17. The van der Waals surface area contributed by atoms with Crippen molar-refractivity contribution in [2.75, 3.05) is 5.32 Å². The van der Waals surface area contributed by atoms with Crippen LogP contribution >= 0.6 is 0 Å². The molecule has 0 aliphatic heterocycles. The average Bonchev–Trinajstić information content (AvgIpc) is 2.29. The quantitative estimate of drug-likeness (QED) is 0.827. The fourth-order valence-corrected chi connectivity index (χ4v) is 1.89. The molecule has 2 heteroatoms. The molecular weight excluding hydrogens is 213 g/mol. The third-order valence-electron chi connectivity index (χ3n) is 2.77. The molecule has 88 valence electrons. The molecule has 0 spiro atoms. The van der Waals surface area contributed by atoms with Crippen LogP contribution in [0.25, 0.3) is 0 Å². The summed E-state index contributed by atoms with van der Waals surface area (Å²) in [6.45, 7) is 4.00. The van der Waals surface area contributed by atoms with Crippen molar-refractivity contribution in [2.24, 2.45) is 0 Å². The molecule has 0 fully saturated rings. The second kappa shape index (κ2) is 5.00. The van der Waals surface area contributed by atoms with Crippen LogP contribution in [0.5, 0.6) is 0 Å². The first-order valence-electron chi connectivity index (χ1n) is 5.74. The first kappa shape index (κ1) is 11.6. The largest absolute Gasteiger partial charge is 0.378 e. The number of anilines is 1. The Labute approximate surface area is 101 Å². The standard InChI is InChI=1S/C15H16FN/c1-11-6-5-7-13(10-11)17-12(2)14-8-3-4-9-15(14)16/h3-10,12,17H,1-2H3. The Hall–Kier alpha value is -1.83. The number of halogens is 1. The molecule has 2 rings (SSSR count).